The second-order valence-corrected chi connectivity index (χ2v) is 3.31. The smallest absolute Gasteiger partial charge is 0.0671 e. The van der Waals surface area contributed by atoms with E-state index in [0.29, 0.717) is 6.54 Å². The molecule has 0 aliphatic carbocycles. The Balaban J connectivity index is 3.06. The first-order valence-corrected chi connectivity index (χ1v) is 4.46. The van der Waals surface area contributed by atoms with Gasteiger partial charge < -0.3 is 5.73 Å². The van der Waals surface area contributed by atoms with Crippen molar-refractivity contribution in [2.45, 2.75) is 20.3 Å². The third-order valence-electron chi connectivity index (χ3n) is 2.31. The predicted molar refractivity (Wildman–Crippen MR) is 55.4 cm³/mol. The van der Waals surface area contributed by atoms with Crippen LogP contribution in [-0.4, -0.2) is 16.3 Å². The summed E-state index contributed by atoms with van der Waals surface area (Å²) in [4.78, 5) is 0. The highest BCUT2D eigenvalue weighted by atomic mass is 15.3. The van der Waals surface area contributed by atoms with Gasteiger partial charge in [0, 0.05) is 18.3 Å². The summed E-state index contributed by atoms with van der Waals surface area (Å²) in [6.45, 7) is 8.72. The fraction of sp³-hybridized carbons (Fsp3) is 0.500. The van der Waals surface area contributed by atoms with Crippen molar-refractivity contribution in [3.8, 4) is 0 Å². The maximum atomic E-state index is 5.49. The van der Waals surface area contributed by atoms with Crippen molar-refractivity contribution in [1.82, 2.24) is 9.78 Å². The highest BCUT2D eigenvalue weighted by molar-refractivity contribution is 5.67. The first-order valence-electron chi connectivity index (χ1n) is 4.46. The number of aromatic nitrogens is 2. The zero-order valence-corrected chi connectivity index (χ0v) is 8.59. The molecule has 0 atom stereocenters. The molecule has 0 bridgehead atoms. The SMILES string of the molecule is C=C(CCN)c1c(C)nn(C)c1C. The fourth-order valence-electron chi connectivity index (χ4n) is 1.58. The number of nitrogens with zero attached hydrogens (tertiary/aromatic N) is 2. The number of hydrogen-bond donors (Lipinski definition) is 1. The summed E-state index contributed by atoms with van der Waals surface area (Å²) in [6, 6.07) is 0. The number of nitrogens with two attached hydrogens (primary N) is 1. The van der Waals surface area contributed by atoms with E-state index in [2.05, 4.69) is 18.6 Å². The highest BCUT2D eigenvalue weighted by Gasteiger charge is 2.11. The minimum atomic E-state index is 0.645. The minimum absolute atomic E-state index is 0.645. The van der Waals surface area contributed by atoms with Crippen molar-refractivity contribution in [2.24, 2.45) is 12.8 Å². The first-order chi connectivity index (χ1) is 6.07. The van der Waals surface area contributed by atoms with Crippen molar-refractivity contribution in [3.05, 3.63) is 23.5 Å². The summed E-state index contributed by atoms with van der Waals surface area (Å²) in [5.74, 6) is 0. The molecule has 0 aromatic carbocycles. The molecule has 1 heterocycles. The Hall–Kier alpha value is -1.09. The van der Waals surface area contributed by atoms with Gasteiger partial charge in [-0.25, -0.2) is 0 Å². The van der Waals surface area contributed by atoms with Crippen LogP contribution in [0.2, 0.25) is 0 Å². The summed E-state index contributed by atoms with van der Waals surface area (Å²) in [5, 5.41) is 4.33. The van der Waals surface area contributed by atoms with E-state index >= 15 is 0 Å². The Bertz CT molecular complexity index is 323. The molecule has 0 radical (unpaired) electrons. The van der Waals surface area contributed by atoms with Gasteiger partial charge in [0.15, 0.2) is 0 Å². The van der Waals surface area contributed by atoms with E-state index in [-0.39, 0.29) is 0 Å². The molecular weight excluding hydrogens is 162 g/mol. The molecule has 1 aromatic rings. The lowest BCUT2D eigenvalue weighted by atomic mass is 10.0. The van der Waals surface area contributed by atoms with E-state index in [1.54, 1.807) is 0 Å². The Morgan fingerprint density at radius 1 is 1.54 bits per heavy atom. The largest absolute Gasteiger partial charge is 0.330 e. The van der Waals surface area contributed by atoms with Crippen LogP contribution in [0, 0.1) is 13.8 Å². The minimum Gasteiger partial charge on any atom is -0.330 e. The van der Waals surface area contributed by atoms with Gasteiger partial charge in [-0.3, -0.25) is 4.68 Å². The van der Waals surface area contributed by atoms with Crippen molar-refractivity contribution in [2.75, 3.05) is 6.54 Å². The van der Waals surface area contributed by atoms with Crippen LogP contribution in [0.25, 0.3) is 5.57 Å². The van der Waals surface area contributed by atoms with Gasteiger partial charge in [0.2, 0.25) is 0 Å². The second kappa shape index (κ2) is 3.75. The van der Waals surface area contributed by atoms with Crippen molar-refractivity contribution in [3.63, 3.8) is 0 Å². The van der Waals surface area contributed by atoms with Crippen LogP contribution >= 0.6 is 0 Å². The maximum Gasteiger partial charge on any atom is 0.0671 e. The molecule has 13 heavy (non-hydrogen) atoms. The van der Waals surface area contributed by atoms with E-state index in [1.807, 2.05) is 18.7 Å². The average Bonchev–Trinajstić information content (AvgIpc) is 2.27. The van der Waals surface area contributed by atoms with Gasteiger partial charge in [0.25, 0.3) is 0 Å². The van der Waals surface area contributed by atoms with Crippen LogP contribution in [0.1, 0.15) is 23.4 Å². The van der Waals surface area contributed by atoms with Crippen LogP contribution in [0.4, 0.5) is 0 Å². The second-order valence-electron chi connectivity index (χ2n) is 3.31. The Labute approximate surface area is 79.2 Å². The topological polar surface area (TPSA) is 43.8 Å². The molecule has 1 aromatic heterocycles. The number of rotatable bonds is 3. The summed E-state index contributed by atoms with van der Waals surface area (Å²) >= 11 is 0. The molecule has 0 unspecified atom stereocenters. The molecule has 0 saturated carbocycles. The summed E-state index contributed by atoms with van der Waals surface area (Å²) in [7, 11) is 1.95. The molecule has 0 aliphatic heterocycles. The molecular formula is C10H17N3. The first kappa shape index (κ1) is 9.99. The maximum absolute atomic E-state index is 5.49. The van der Waals surface area contributed by atoms with Crippen LogP contribution in [0.15, 0.2) is 6.58 Å². The van der Waals surface area contributed by atoms with Gasteiger partial charge in [-0.2, -0.15) is 5.10 Å². The van der Waals surface area contributed by atoms with Gasteiger partial charge in [-0.15, -0.1) is 0 Å². The van der Waals surface area contributed by atoms with Gasteiger partial charge >= 0.3 is 0 Å². The monoisotopic (exact) mass is 179 g/mol. The number of hydrogen-bond acceptors (Lipinski definition) is 2. The van der Waals surface area contributed by atoms with E-state index in [9.17, 15) is 0 Å². The van der Waals surface area contributed by atoms with Crippen LogP contribution in [0.5, 0.6) is 0 Å². The van der Waals surface area contributed by atoms with Crippen LogP contribution in [0.3, 0.4) is 0 Å². The Kier molecular flexibility index (Phi) is 2.88. The third kappa shape index (κ3) is 1.80. The van der Waals surface area contributed by atoms with Crippen LogP contribution in [-0.2, 0) is 7.05 Å². The van der Waals surface area contributed by atoms with E-state index < -0.39 is 0 Å². The normalized spacial score (nSPS) is 10.5. The van der Waals surface area contributed by atoms with Gasteiger partial charge in [0.05, 0.1) is 5.69 Å². The quantitative estimate of drug-likeness (QED) is 0.762. The van der Waals surface area contributed by atoms with E-state index in [0.717, 1.165) is 23.4 Å². The average molecular weight is 179 g/mol. The van der Waals surface area contributed by atoms with Crippen LogP contribution < -0.4 is 5.73 Å². The Morgan fingerprint density at radius 3 is 2.54 bits per heavy atom. The van der Waals surface area contributed by atoms with E-state index in [1.165, 1.54) is 5.56 Å². The van der Waals surface area contributed by atoms with Gasteiger partial charge in [0.1, 0.15) is 0 Å². The Morgan fingerprint density at radius 2 is 2.15 bits per heavy atom. The standard InChI is InChI=1S/C10H17N3/c1-7(5-6-11)10-8(2)12-13(4)9(10)3/h1,5-6,11H2,2-4H3. The zero-order valence-electron chi connectivity index (χ0n) is 8.59. The van der Waals surface area contributed by atoms with Gasteiger partial charge in [-0.1, -0.05) is 6.58 Å². The molecule has 0 fully saturated rings. The van der Waals surface area contributed by atoms with Crippen molar-refractivity contribution >= 4 is 5.57 Å². The molecule has 1 rings (SSSR count). The van der Waals surface area contributed by atoms with Gasteiger partial charge in [-0.05, 0) is 32.4 Å². The summed E-state index contributed by atoms with van der Waals surface area (Å²) < 4.78 is 1.88. The molecule has 3 heteroatoms. The molecule has 0 spiro atoms. The molecule has 0 saturated heterocycles. The zero-order chi connectivity index (χ0) is 10.0. The summed E-state index contributed by atoms with van der Waals surface area (Å²) in [5.41, 5.74) is 9.95. The van der Waals surface area contributed by atoms with E-state index in [4.69, 9.17) is 5.73 Å². The molecule has 0 aliphatic rings. The lowest BCUT2D eigenvalue weighted by Crippen LogP contribution is -2.00. The number of aryl methyl sites for hydroxylation is 2. The summed E-state index contributed by atoms with van der Waals surface area (Å²) in [6.07, 6.45) is 0.841. The van der Waals surface area contributed by atoms with Crippen molar-refractivity contribution in [1.29, 1.82) is 0 Å². The fourth-order valence-corrected chi connectivity index (χ4v) is 1.58. The lowest BCUT2D eigenvalue weighted by molar-refractivity contribution is 0.731. The third-order valence-corrected chi connectivity index (χ3v) is 2.31. The lowest BCUT2D eigenvalue weighted by Gasteiger charge is -2.04. The van der Waals surface area contributed by atoms with Crippen molar-refractivity contribution < 1.29 is 0 Å². The molecule has 3 nitrogen and oxygen atoms in total. The molecule has 0 amide bonds. The molecule has 2 N–H and O–H groups in total. The predicted octanol–water partition coefficient (Wildman–Crippen LogP) is 1.40. The highest BCUT2D eigenvalue weighted by Crippen LogP contribution is 2.22. The molecule has 72 valence electrons.